The SMILES string of the molecule is C/C=C(/C=C(C(=O)N(C(C)=O)c1cccc2ccccc12)/C(C)=C/CC)c1ccccc1C. The summed E-state index contributed by atoms with van der Waals surface area (Å²) < 4.78 is 0. The first-order valence-corrected chi connectivity index (χ1v) is 11.3. The predicted molar refractivity (Wildman–Crippen MR) is 139 cm³/mol. The fraction of sp³-hybridized carbons (Fsp3) is 0.200. The van der Waals surface area contributed by atoms with Crippen LogP contribution in [0.4, 0.5) is 5.69 Å². The fourth-order valence-electron chi connectivity index (χ4n) is 4.08. The smallest absolute Gasteiger partial charge is 0.265 e. The van der Waals surface area contributed by atoms with E-state index in [0.29, 0.717) is 11.3 Å². The molecule has 0 heterocycles. The van der Waals surface area contributed by atoms with Crippen molar-refractivity contribution in [2.45, 2.75) is 41.0 Å². The molecule has 0 aromatic heterocycles. The van der Waals surface area contributed by atoms with Crippen molar-refractivity contribution in [1.82, 2.24) is 0 Å². The lowest BCUT2D eigenvalue weighted by atomic mass is 9.95. The Hall–Kier alpha value is -3.72. The van der Waals surface area contributed by atoms with Crippen molar-refractivity contribution in [2.24, 2.45) is 0 Å². The van der Waals surface area contributed by atoms with Crippen LogP contribution in [0.15, 0.2) is 96.1 Å². The Labute approximate surface area is 196 Å². The highest BCUT2D eigenvalue weighted by Gasteiger charge is 2.26. The molecule has 0 unspecified atom stereocenters. The molecule has 0 radical (unpaired) electrons. The molecule has 0 bridgehead atoms. The van der Waals surface area contributed by atoms with E-state index in [1.807, 2.05) is 93.6 Å². The Morgan fingerprint density at radius 1 is 0.909 bits per heavy atom. The van der Waals surface area contributed by atoms with E-state index in [2.05, 4.69) is 19.1 Å². The molecule has 0 atom stereocenters. The number of hydrogen-bond acceptors (Lipinski definition) is 2. The minimum absolute atomic E-state index is 0.315. The van der Waals surface area contributed by atoms with E-state index < -0.39 is 0 Å². The van der Waals surface area contributed by atoms with Gasteiger partial charge in [-0.05, 0) is 67.0 Å². The maximum Gasteiger partial charge on any atom is 0.265 e. The Balaban J connectivity index is 2.20. The molecule has 168 valence electrons. The highest BCUT2D eigenvalue weighted by atomic mass is 16.2. The zero-order valence-corrected chi connectivity index (χ0v) is 20.1. The second-order valence-corrected chi connectivity index (χ2v) is 8.07. The standard InChI is InChI=1S/C30H31NO2/c1-6-13-21(3)28(20-24(7-2)26-17-10-8-14-22(26)4)30(33)31(23(5)32)29-19-12-16-25-15-9-11-18-27(25)29/h7-20H,6H2,1-5H3/b21-13+,24-7-,28-20-. The Morgan fingerprint density at radius 3 is 2.24 bits per heavy atom. The first kappa shape index (κ1) is 23.9. The van der Waals surface area contributed by atoms with Gasteiger partial charge in [0, 0.05) is 17.9 Å². The minimum Gasteiger partial charge on any atom is -0.274 e. The number of benzene rings is 3. The summed E-state index contributed by atoms with van der Waals surface area (Å²) in [6.45, 7) is 9.43. The molecule has 2 amide bonds. The molecule has 0 fully saturated rings. The molecule has 0 saturated carbocycles. The van der Waals surface area contributed by atoms with Crippen molar-refractivity contribution >= 4 is 33.8 Å². The fourth-order valence-corrected chi connectivity index (χ4v) is 4.08. The number of imide groups is 1. The molecular weight excluding hydrogens is 406 g/mol. The van der Waals surface area contributed by atoms with Gasteiger partial charge in [0.05, 0.1) is 5.69 Å². The summed E-state index contributed by atoms with van der Waals surface area (Å²) in [4.78, 5) is 28.1. The number of carbonyl (C=O) groups is 2. The van der Waals surface area contributed by atoms with Crippen molar-refractivity contribution in [1.29, 1.82) is 0 Å². The minimum atomic E-state index is -0.325. The lowest BCUT2D eigenvalue weighted by Crippen LogP contribution is -2.36. The van der Waals surface area contributed by atoms with Crippen LogP contribution in [-0.4, -0.2) is 11.8 Å². The van der Waals surface area contributed by atoms with Gasteiger partial charge in [0.15, 0.2) is 0 Å². The van der Waals surface area contributed by atoms with Crippen LogP contribution in [0, 0.1) is 6.92 Å². The van der Waals surface area contributed by atoms with Crippen LogP contribution >= 0.6 is 0 Å². The molecule has 3 aromatic rings. The van der Waals surface area contributed by atoms with Crippen LogP contribution in [0.1, 0.15) is 45.2 Å². The number of fused-ring (bicyclic) bond motifs is 1. The van der Waals surface area contributed by atoms with E-state index >= 15 is 0 Å². The van der Waals surface area contributed by atoms with Crippen LogP contribution < -0.4 is 4.90 Å². The van der Waals surface area contributed by atoms with E-state index in [1.54, 1.807) is 0 Å². The van der Waals surface area contributed by atoms with Gasteiger partial charge >= 0.3 is 0 Å². The second-order valence-electron chi connectivity index (χ2n) is 8.07. The Morgan fingerprint density at radius 2 is 1.58 bits per heavy atom. The van der Waals surface area contributed by atoms with E-state index in [4.69, 9.17) is 0 Å². The van der Waals surface area contributed by atoms with Gasteiger partial charge in [0.2, 0.25) is 5.91 Å². The maximum absolute atomic E-state index is 14.0. The van der Waals surface area contributed by atoms with E-state index in [-0.39, 0.29) is 11.8 Å². The van der Waals surface area contributed by atoms with E-state index in [9.17, 15) is 9.59 Å². The number of hydrogen-bond donors (Lipinski definition) is 0. The monoisotopic (exact) mass is 437 g/mol. The van der Waals surface area contributed by atoms with E-state index in [1.165, 1.54) is 11.8 Å². The number of allylic oxidation sites excluding steroid dienone is 4. The molecule has 0 spiro atoms. The van der Waals surface area contributed by atoms with Gasteiger partial charge in [-0.3, -0.25) is 9.59 Å². The third kappa shape index (κ3) is 5.20. The summed E-state index contributed by atoms with van der Waals surface area (Å²) in [5, 5.41) is 1.85. The summed E-state index contributed by atoms with van der Waals surface area (Å²) in [5.41, 5.74) is 5.09. The van der Waals surface area contributed by atoms with Crippen LogP contribution in [-0.2, 0) is 9.59 Å². The van der Waals surface area contributed by atoms with Crippen molar-refractivity contribution in [3.8, 4) is 0 Å². The third-order valence-electron chi connectivity index (χ3n) is 5.76. The van der Waals surface area contributed by atoms with Gasteiger partial charge in [0.25, 0.3) is 5.91 Å². The highest BCUT2D eigenvalue weighted by molar-refractivity contribution is 6.25. The number of nitrogens with zero attached hydrogens (tertiary/aromatic N) is 1. The molecular formula is C30H31NO2. The van der Waals surface area contributed by atoms with Crippen molar-refractivity contribution in [3.05, 3.63) is 107 Å². The number of anilines is 1. The zero-order valence-electron chi connectivity index (χ0n) is 20.1. The number of aryl methyl sites for hydroxylation is 1. The van der Waals surface area contributed by atoms with Crippen LogP contribution in [0.2, 0.25) is 0 Å². The van der Waals surface area contributed by atoms with Crippen LogP contribution in [0.3, 0.4) is 0 Å². The molecule has 0 aliphatic carbocycles. The molecule has 0 aliphatic rings. The van der Waals surface area contributed by atoms with Crippen LogP contribution in [0.5, 0.6) is 0 Å². The molecule has 0 N–H and O–H groups in total. The molecule has 3 aromatic carbocycles. The molecule has 3 nitrogen and oxygen atoms in total. The number of carbonyl (C=O) groups excluding carboxylic acids is 2. The van der Waals surface area contributed by atoms with Gasteiger partial charge < -0.3 is 0 Å². The highest BCUT2D eigenvalue weighted by Crippen LogP contribution is 2.31. The molecule has 0 saturated heterocycles. The first-order valence-electron chi connectivity index (χ1n) is 11.3. The van der Waals surface area contributed by atoms with E-state index in [0.717, 1.165) is 39.5 Å². The van der Waals surface area contributed by atoms with Gasteiger partial charge in [-0.25, -0.2) is 4.90 Å². The van der Waals surface area contributed by atoms with Gasteiger partial charge in [-0.1, -0.05) is 79.7 Å². The average molecular weight is 438 g/mol. The number of rotatable bonds is 6. The maximum atomic E-state index is 14.0. The van der Waals surface area contributed by atoms with Crippen molar-refractivity contribution < 1.29 is 9.59 Å². The summed E-state index contributed by atoms with van der Waals surface area (Å²) in [6.07, 6.45) is 6.73. The molecule has 33 heavy (non-hydrogen) atoms. The average Bonchev–Trinajstić information content (AvgIpc) is 2.80. The lowest BCUT2D eigenvalue weighted by Gasteiger charge is -2.23. The number of amides is 2. The van der Waals surface area contributed by atoms with Gasteiger partial charge in [-0.15, -0.1) is 0 Å². The Bertz CT molecular complexity index is 1270. The molecule has 0 aliphatic heterocycles. The predicted octanol–water partition coefficient (Wildman–Crippen LogP) is 7.41. The third-order valence-corrected chi connectivity index (χ3v) is 5.76. The van der Waals surface area contributed by atoms with Gasteiger partial charge in [-0.2, -0.15) is 0 Å². The largest absolute Gasteiger partial charge is 0.274 e. The quantitative estimate of drug-likeness (QED) is 0.297. The Kier molecular flexibility index (Phi) is 7.78. The van der Waals surface area contributed by atoms with Gasteiger partial charge in [0.1, 0.15) is 0 Å². The summed E-state index contributed by atoms with van der Waals surface area (Å²) in [7, 11) is 0. The molecule has 3 rings (SSSR count). The van der Waals surface area contributed by atoms with Crippen molar-refractivity contribution in [2.75, 3.05) is 4.90 Å². The topological polar surface area (TPSA) is 37.4 Å². The zero-order chi connectivity index (χ0) is 24.0. The first-order chi connectivity index (χ1) is 15.9. The second kappa shape index (κ2) is 10.7. The van der Waals surface area contributed by atoms with Crippen LogP contribution in [0.25, 0.3) is 16.3 Å². The molecule has 3 heteroatoms. The normalized spacial score (nSPS) is 12.7. The summed E-state index contributed by atoms with van der Waals surface area (Å²) in [5.74, 6) is -0.640. The van der Waals surface area contributed by atoms with Crippen molar-refractivity contribution in [3.63, 3.8) is 0 Å². The summed E-state index contributed by atoms with van der Waals surface area (Å²) >= 11 is 0. The lowest BCUT2D eigenvalue weighted by molar-refractivity contribution is -0.123. The summed E-state index contributed by atoms with van der Waals surface area (Å²) in [6, 6.07) is 21.6.